The fraction of sp³-hybridized carbons (Fsp3) is 0.0962. The minimum atomic E-state index is 0.900. The van der Waals surface area contributed by atoms with Crippen LogP contribution in [0, 0.1) is 0 Å². The lowest BCUT2D eigenvalue weighted by Gasteiger charge is -2.18. The standard InChI is InChI=1S/C50H33N.C2H6/c1-3-12-41-39(10-1)45-15-6-5-14-43-37(22-24-47(41)49(43)45)35-27-34(32-20-18-31(19-21-32)33-9-8-26-51-30-33)28-36(29-35)38-23-25-48-42-13-4-2-11-40(42)46-17-7-16-44(38)50(46)48;1-2/h1,3-10,12-13,15-30H,2,11,14H2;1-2H3. The van der Waals surface area contributed by atoms with Gasteiger partial charge in [0, 0.05) is 12.4 Å². The third-order valence-corrected chi connectivity index (χ3v) is 11.4. The molecule has 0 N–H and O–H groups in total. The number of allylic oxidation sites excluding steroid dienone is 7. The SMILES string of the molecule is C1=CCc2c(-c3cc(-c4ccc(-c5cccnc5)cc4)cc(-c4ccc5c6c(cccc46)C4=C5C=CCC4)c3)ccc3c2C(=C1)c1ccccc1-3.CC. The van der Waals surface area contributed by atoms with Gasteiger partial charge in [0.15, 0.2) is 0 Å². The van der Waals surface area contributed by atoms with E-state index < -0.39 is 0 Å². The molecule has 7 aromatic rings. The van der Waals surface area contributed by atoms with E-state index in [2.05, 4.69) is 151 Å². The average molecular weight is 678 g/mol. The van der Waals surface area contributed by atoms with Crippen LogP contribution in [0.25, 0.3) is 83.1 Å². The van der Waals surface area contributed by atoms with Gasteiger partial charge >= 0.3 is 0 Å². The van der Waals surface area contributed by atoms with Crippen molar-refractivity contribution in [2.75, 3.05) is 0 Å². The smallest absolute Gasteiger partial charge is 0.0346 e. The van der Waals surface area contributed by atoms with E-state index in [-0.39, 0.29) is 0 Å². The van der Waals surface area contributed by atoms with Gasteiger partial charge in [-0.05, 0) is 154 Å². The van der Waals surface area contributed by atoms with Crippen molar-refractivity contribution in [1.82, 2.24) is 4.98 Å². The molecule has 6 aromatic carbocycles. The Hall–Kier alpha value is -6.31. The third kappa shape index (κ3) is 4.95. The first-order chi connectivity index (χ1) is 26.3. The Morgan fingerprint density at radius 3 is 2.08 bits per heavy atom. The zero-order chi connectivity index (χ0) is 35.5. The fourth-order valence-electron chi connectivity index (χ4n) is 9.10. The van der Waals surface area contributed by atoms with Crippen LogP contribution in [0.1, 0.15) is 54.5 Å². The second kappa shape index (κ2) is 12.7. The van der Waals surface area contributed by atoms with Crippen molar-refractivity contribution in [2.45, 2.75) is 33.1 Å². The molecule has 53 heavy (non-hydrogen) atoms. The van der Waals surface area contributed by atoms with Crippen molar-refractivity contribution in [3.63, 3.8) is 0 Å². The van der Waals surface area contributed by atoms with Gasteiger partial charge in [0.05, 0.1) is 0 Å². The van der Waals surface area contributed by atoms with Gasteiger partial charge in [-0.25, -0.2) is 0 Å². The van der Waals surface area contributed by atoms with Crippen molar-refractivity contribution in [2.24, 2.45) is 0 Å². The van der Waals surface area contributed by atoms with Gasteiger partial charge in [0.1, 0.15) is 0 Å². The third-order valence-electron chi connectivity index (χ3n) is 11.4. The van der Waals surface area contributed by atoms with E-state index in [0.29, 0.717) is 0 Å². The maximum atomic E-state index is 4.35. The van der Waals surface area contributed by atoms with Crippen molar-refractivity contribution >= 4 is 27.5 Å². The van der Waals surface area contributed by atoms with Crippen LogP contribution in [0.2, 0.25) is 0 Å². The summed E-state index contributed by atoms with van der Waals surface area (Å²) in [5.41, 5.74) is 23.7. The molecule has 11 rings (SSSR count). The van der Waals surface area contributed by atoms with E-state index >= 15 is 0 Å². The average Bonchev–Trinajstić information content (AvgIpc) is 3.63. The predicted octanol–water partition coefficient (Wildman–Crippen LogP) is 14.0. The molecule has 0 radical (unpaired) electrons. The zero-order valence-corrected chi connectivity index (χ0v) is 30.2. The molecule has 0 fully saturated rings. The van der Waals surface area contributed by atoms with Gasteiger partial charge in [-0.3, -0.25) is 4.98 Å². The number of benzene rings is 6. The first-order valence-corrected chi connectivity index (χ1v) is 19.1. The van der Waals surface area contributed by atoms with Gasteiger partial charge < -0.3 is 0 Å². The summed E-state index contributed by atoms with van der Waals surface area (Å²) in [7, 11) is 0. The molecule has 1 aromatic heterocycles. The summed E-state index contributed by atoms with van der Waals surface area (Å²) in [5, 5.41) is 2.74. The number of nitrogens with zero attached hydrogens (tertiary/aromatic N) is 1. The van der Waals surface area contributed by atoms with Gasteiger partial charge in [-0.15, -0.1) is 0 Å². The number of hydrogen-bond acceptors (Lipinski definition) is 1. The normalized spacial score (nSPS) is 14.3. The second-order valence-corrected chi connectivity index (χ2v) is 14.1. The van der Waals surface area contributed by atoms with Crippen LogP contribution in [0.3, 0.4) is 0 Å². The molecular weight excluding hydrogens is 639 g/mol. The Morgan fingerprint density at radius 1 is 0.528 bits per heavy atom. The van der Waals surface area contributed by atoms with Crippen LogP contribution < -0.4 is 0 Å². The Kier molecular flexibility index (Phi) is 7.54. The Morgan fingerprint density at radius 2 is 1.25 bits per heavy atom. The molecule has 0 spiro atoms. The molecular formula is C52H39N. The van der Waals surface area contributed by atoms with Crippen LogP contribution in [0.15, 0.2) is 164 Å². The summed E-state index contributed by atoms with van der Waals surface area (Å²) in [6.07, 6.45) is 18.4. The highest BCUT2D eigenvalue weighted by Crippen LogP contribution is 2.51. The van der Waals surface area contributed by atoms with Crippen LogP contribution in [-0.2, 0) is 6.42 Å². The van der Waals surface area contributed by atoms with Crippen molar-refractivity contribution in [1.29, 1.82) is 0 Å². The highest BCUT2D eigenvalue weighted by molar-refractivity contribution is 6.19. The number of hydrogen-bond donors (Lipinski definition) is 0. The zero-order valence-electron chi connectivity index (χ0n) is 30.2. The van der Waals surface area contributed by atoms with Crippen molar-refractivity contribution < 1.29 is 0 Å². The molecule has 4 aliphatic rings. The van der Waals surface area contributed by atoms with Crippen LogP contribution in [-0.4, -0.2) is 4.98 Å². The Bertz CT molecular complexity index is 2730. The molecule has 0 saturated heterocycles. The second-order valence-electron chi connectivity index (χ2n) is 14.1. The number of pyridine rings is 1. The molecule has 0 unspecified atom stereocenters. The van der Waals surface area contributed by atoms with E-state index in [1.807, 2.05) is 32.3 Å². The molecule has 1 heterocycles. The van der Waals surface area contributed by atoms with E-state index in [1.165, 1.54) is 105 Å². The highest BCUT2D eigenvalue weighted by atomic mass is 14.6. The Balaban J connectivity index is 0.00000172. The highest BCUT2D eigenvalue weighted by Gasteiger charge is 2.29. The van der Waals surface area contributed by atoms with E-state index in [9.17, 15) is 0 Å². The predicted molar refractivity (Wildman–Crippen MR) is 225 cm³/mol. The number of fused-ring (bicyclic) bond motifs is 5. The molecule has 0 atom stereocenters. The van der Waals surface area contributed by atoms with E-state index in [4.69, 9.17) is 0 Å². The summed E-state index contributed by atoms with van der Waals surface area (Å²) in [6.45, 7) is 4.00. The monoisotopic (exact) mass is 677 g/mol. The molecule has 4 aliphatic carbocycles. The first kappa shape index (κ1) is 31.4. The fourth-order valence-corrected chi connectivity index (χ4v) is 9.10. The molecule has 0 amide bonds. The summed E-state index contributed by atoms with van der Waals surface area (Å²) in [6, 6.07) is 45.6. The number of rotatable bonds is 4. The molecule has 1 nitrogen and oxygen atoms in total. The summed E-state index contributed by atoms with van der Waals surface area (Å²) >= 11 is 0. The van der Waals surface area contributed by atoms with E-state index in [0.717, 1.165) is 24.8 Å². The Labute approximate surface area is 312 Å². The summed E-state index contributed by atoms with van der Waals surface area (Å²) < 4.78 is 0. The molecule has 0 aliphatic heterocycles. The van der Waals surface area contributed by atoms with Crippen LogP contribution in [0.5, 0.6) is 0 Å². The molecule has 1 heteroatoms. The van der Waals surface area contributed by atoms with E-state index in [1.54, 1.807) is 0 Å². The summed E-state index contributed by atoms with van der Waals surface area (Å²) in [5.74, 6) is 0. The molecule has 252 valence electrons. The topological polar surface area (TPSA) is 12.9 Å². The summed E-state index contributed by atoms with van der Waals surface area (Å²) in [4.78, 5) is 4.35. The lowest BCUT2D eigenvalue weighted by atomic mass is 9.86. The first-order valence-electron chi connectivity index (χ1n) is 19.1. The minimum Gasteiger partial charge on any atom is -0.264 e. The van der Waals surface area contributed by atoms with Gasteiger partial charge in [0.2, 0.25) is 0 Å². The van der Waals surface area contributed by atoms with Crippen LogP contribution in [0.4, 0.5) is 0 Å². The maximum Gasteiger partial charge on any atom is 0.0346 e. The minimum absolute atomic E-state index is 0.900. The molecule has 0 saturated carbocycles. The number of aromatic nitrogens is 1. The quantitative estimate of drug-likeness (QED) is 0.181. The van der Waals surface area contributed by atoms with Crippen LogP contribution >= 0.6 is 0 Å². The van der Waals surface area contributed by atoms with Gasteiger partial charge in [-0.1, -0.05) is 141 Å². The lowest BCUT2D eigenvalue weighted by molar-refractivity contribution is 1.06. The van der Waals surface area contributed by atoms with Gasteiger partial charge in [-0.2, -0.15) is 0 Å². The largest absolute Gasteiger partial charge is 0.264 e. The van der Waals surface area contributed by atoms with Crippen molar-refractivity contribution in [3.8, 4) is 55.6 Å². The lowest BCUT2D eigenvalue weighted by Crippen LogP contribution is -1.96. The maximum absolute atomic E-state index is 4.35. The van der Waals surface area contributed by atoms with Crippen molar-refractivity contribution in [3.05, 3.63) is 192 Å². The molecule has 0 bridgehead atoms. The van der Waals surface area contributed by atoms with Gasteiger partial charge in [0.25, 0.3) is 0 Å².